The van der Waals surface area contributed by atoms with Crippen LogP contribution in [0, 0.1) is 5.92 Å². The van der Waals surface area contributed by atoms with Crippen molar-refractivity contribution in [2.24, 2.45) is 5.92 Å². The first-order valence-corrected chi connectivity index (χ1v) is 7.69. The van der Waals surface area contributed by atoms with Crippen LogP contribution in [0.4, 0.5) is 10.5 Å². The van der Waals surface area contributed by atoms with E-state index in [-0.39, 0.29) is 28.1 Å². The molecule has 3 N–H and O–H groups in total. The van der Waals surface area contributed by atoms with E-state index in [1.54, 1.807) is 12.1 Å². The Labute approximate surface area is 141 Å². The number of halogens is 3. The van der Waals surface area contributed by atoms with Gasteiger partial charge in [0.2, 0.25) is 0 Å². The summed E-state index contributed by atoms with van der Waals surface area (Å²) in [6, 6.07) is 2.15. The summed E-state index contributed by atoms with van der Waals surface area (Å²) in [5.74, 6) is -1.00. The number of benzene rings is 1. The SMILES string of the molecule is CC(C)C(CC(=O)O)NC(=O)Nc1c(Cl)cc(Br)cc1Cl. The van der Waals surface area contributed by atoms with Crippen LogP contribution in [-0.4, -0.2) is 23.1 Å². The molecule has 5 nitrogen and oxygen atoms in total. The van der Waals surface area contributed by atoms with Crippen molar-refractivity contribution < 1.29 is 14.7 Å². The fraction of sp³-hybridized carbons (Fsp3) is 0.385. The maximum atomic E-state index is 12.0. The molecule has 0 aliphatic carbocycles. The summed E-state index contributed by atoms with van der Waals surface area (Å²) in [6.07, 6.45) is -0.160. The van der Waals surface area contributed by atoms with Crippen LogP contribution in [0.15, 0.2) is 16.6 Å². The van der Waals surface area contributed by atoms with Crippen molar-refractivity contribution in [3.05, 3.63) is 26.7 Å². The molecule has 21 heavy (non-hydrogen) atoms. The molecule has 1 unspecified atom stereocenters. The largest absolute Gasteiger partial charge is 0.481 e. The topological polar surface area (TPSA) is 78.4 Å². The molecule has 0 spiro atoms. The lowest BCUT2D eigenvalue weighted by molar-refractivity contribution is -0.137. The second-order valence-electron chi connectivity index (χ2n) is 4.79. The van der Waals surface area contributed by atoms with Gasteiger partial charge in [0, 0.05) is 10.5 Å². The minimum atomic E-state index is -0.978. The molecule has 1 aromatic carbocycles. The van der Waals surface area contributed by atoms with Gasteiger partial charge >= 0.3 is 12.0 Å². The Balaban J connectivity index is 2.79. The zero-order chi connectivity index (χ0) is 16.2. The van der Waals surface area contributed by atoms with Gasteiger partial charge in [-0.1, -0.05) is 53.0 Å². The number of urea groups is 1. The van der Waals surface area contributed by atoms with Gasteiger partial charge in [0.25, 0.3) is 0 Å². The van der Waals surface area contributed by atoms with Crippen molar-refractivity contribution >= 4 is 56.8 Å². The molecule has 0 bridgehead atoms. The van der Waals surface area contributed by atoms with Gasteiger partial charge in [-0.15, -0.1) is 0 Å². The number of carboxylic acid groups (broad SMARTS) is 1. The van der Waals surface area contributed by atoms with Crippen LogP contribution in [0.2, 0.25) is 10.0 Å². The maximum absolute atomic E-state index is 12.0. The molecule has 0 saturated heterocycles. The van der Waals surface area contributed by atoms with Gasteiger partial charge < -0.3 is 15.7 Å². The molecule has 0 aliphatic heterocycles. The van der Waals surface area contributed by atoms with Crippen molar-refractivity contribution in [2.75, 3.05) is 5.32 Å². The molecule has 116 valence electrons. The number of rotatable bonds is 5. The monoisotopic (exact) mass is 396 g/mol. The fourth-order valence-electron chi connectivity index (χ4n) is 1.62. The second-order valence-corrected chi connectivity index (χ2v) is 6.52. The predicted octanol–water partition coefficient (Wildman–Crippen LogP) is 4.38. The highest BCUT2D eigenvalue weighted by atomic mass is 79.9. The zero-order valence-corrected chi connectivity index (χ0v) is 14.5. The maximum Gasteiger partial charge on any atom is 0.319 e. The minimum absolute atomic E-state index is 0.0253. The Morgan fingerprint density at radius 2 is 1.81 bits per heavy atom. The van der Waals surface area contributed by atoms with Gasteiger partial charge in [0.15, 0.2) is 0 Å². The van der Waals surface area contributed by atoms with Gasteiger partial charge in [-0.3, -0.25) is 4.79 Å². The molecule has 0 radical (unpaired) electrons. The summed E-state index contributed by atoms with van der Waals surface area (Å²) in [5, 5.41) is 14.5. The minimum Gasteiger partial charge on any atom is -0.481 e. The van der Waals surface area contributed by atoms with E-state index in [4.69, 9.17) is 28.3 Å². The van der Waals surface area contributed by atoms with Crippen LogP contribution < -0.4 is 10.6 Å². The molecule has 1 rings (SSSR count). The number of hydrogen-bond donors (Lipinski definition) is 3. The smallest absolute Gasteiger partial charge is 0.319 e. The summed E-state index contributed by atoms with van der Waals surface area (Å²) in [4.78, 5) is 22.7. The van der Waals surface area contributed by atoms with Crippen LogP contribution in [0.1, 0.15) is 20.3 Å². The molecule has 0 saturated carbocycles. The molecule has 0 fully saturated rings. The molecule has 0 heterocycles. The Kier molecular flexibility index (Phi) is 6.77. The standard InChI is InChI=1S/C13H15BrCl2N2O3/c1-6(2)10(5-11(19)20)17-13(21)18-12-8(15)3-7(14)4-9(12)16/h3-4,6,10H,5H2,1-2H3,(H,19,20)(H2,17,18,21). The lowest BCUT2D eigenvalue weighted by Crippen LogP contribution is -2.42. The van der Waals surface area contributed by atoms with Crippen LogP contribution in [0.25, 0.3) is 0 Å². The summed E-state index contributed by atoms with van der Waals surface area (Å²) in [7, 11) is 0. The molecule has 2 amide bonds. The Morgan fingerprint density at radius 3 is 2.24 bits per heavy atom. The summed E-state index contributed by atoms with van der Waals surface area (Å²) in [6.45, 7) is 3.65. The number of nitrogens with one attached hydrogen (secondary N) is 2. The highest BCUT2D eigenvalue weighted by Crippen LogP contribution is 2.33. The normalized spacial score (nSPS) is 12.1. The Bertz CT molecular complexity index is 529. The molecule has 1 atom stereocenters. The van der Waals surface area contributed by atoms with Crippen LogP contribution in [-0.2, 0) is 4.79 Å². The lowest BCUT2D eigenvalue weighted by Gasteiger charge is -2.21. The van der Waals surface area contributed by atoms with Gasteiger partial charge in [-0.05, 0) is 18.1 Å². The highest BCUT2D eigenvalue weighted by Gasteiger charge is 2.20. The zero-order valence-electron chi connectivity index (χ0n) is 11.4. The fourth-order valence-corrected chi connectivity index (χ4v) is 2.92. The second kappa shape index (κ2) is 7.87. The number of hydrogen-bond acceptors (Lipinski definition) is 2. The number of amides is 2. The number of aliphatic carboxylic acids is 1. The van der Waals surface area contributed by atoms with E-state index in [2.05, 4.69) is 26.6 Å². The predicted molar refractivity (Wildman–Crippen MR) is 87.2 cm³/mol. The third-order valence-corrected chi connectivity index (χ3v) is 3.82. The lowest BCUT2D eigenvalue weighted by atomic mass is 10.0. The molecular formula is C13H15BrCl2N2O3. The first-order chi connectivity index (χ1) is 9.70. The Morgan fingerprint density at radius 1 is 1.29 bits per heavy atom. The van der Waals surface area contributed by atoms with E-state index in [0.717, 1.165) is 0 Å². The van der Waals surface area contributed by atoms with E-state index in [9.17, 15) is 9.59 Å². The van der Waals surface area contributed by atoms with Gasteiger partial charge in [-0.2, -0.15) is 0 Å². The third-order valence-electron chi connectivity index (χ3n) is 2.76. The molecule has 0 aliphatic rings. The number of carbonyl (C=O) groups is 2. The van der Waals surface area contributed by atoms with Gasteiger partial charge in [0.05, 0.1) is 22.2 Å². The van der Waals surface area contributed by atoms with Crippen LogP contribution >= 0.6 is 39.1 Å². The third kappa shape index (κ3) is 5.73. The van der Waals surface area contributed by atoms with E-state index < -0.39 is 18.0 Å². The molecular weight excluding hydrogens is 383 g/mol. The van der Waals surface area contributed by atoms with Gasteiger partial charge in [-0.25, -0.2) is 4.79 Å². The van der Waals surface area contributed by atoms with Gasteiger partial charge in [0.1, 0.15) is 0 Å². The van der Waals surface area contributed by atoms with Crippen molar-refractivity contribution in [2.45, 2.75) is 26.3 Å². The summed E-state index contributed by atoms with van der Waals surface area (Å²) >= 11 is 15.3. The van der Waals surface area contributed by atoms with Crippen molar-refractivity contribution in [1.29, 1.82) is 0 Å². The van der Waals surface area contributed by atoms with Crippen molar-refractivity contribution in [1.82, 2.24) is 5.32 Å². The van der Waals surface area contributed by atoms with Crippen LogP contribution in [0.3, 0.4) is 0 Å². The Hall–Kier alpha value is -0.980. The average molecular weight is 398 g/mol. The quantitative estimate of drug-likeness (QED) is 0.689. The summed E-state index contributed by atoms with van der Waals surface area (Å²) < 4.78 is 0.689. The highest BCUT2D eigenvalue weighted by molar-refractivity contribution is 9.10. The average Bonchev–Trinajstić information content (AvgIpc) is 2.32. The number of carboxylic acids is 1. The van der Waals surface area contributed by atoms with E-state index in [1.807, 2.05) is 13.8 Å². The first kappa shape index (κ1) is 18.1. The molecule has 8 heteroatoms. The molecule has 1 aromatic rings. The van der Waals surface area contributed by atoms with E-state index in [1.165, 1.54) is 0 Å². The number of carbonyl (C=O) groups excluding carboxylic acids is 1. The van der Waals surface area contributed by atoms with Crippen LogP contribution in [0.5, 0.6) is 0 Å². The van der Waals surface area contributed by atoms with E-state index >= 15 is 0 Å². The van der Waals surface area contributed by atoms with Crippen molar-refractivity contribution in [3.8, 4) is 0 Å². The molecule has 0 aromatic heterocycles. The summed E-state index contributed by atoms with van der Waals surface area (Å²) in [5.41, 5.74) is 0.275. The number of anilines is 1. The van der Waals surface area contributed by atoms with E-state index in [0.29, 0.717) is 4.47 Å². The van der Waals surface area contributed by atoms with Crippen molar-refractivity contribution in [3.63, 3.8) is 0 Å². The first-order valence-electron chi connectivity index (χ1n) is 6.14.